The Hall–Kier alpha value is -1.35. The Kier molecular flexibility index (Phi) is 2.49. The van der Waals surface area contributed by atoms with E-state index in [-0.39, 0.29) is 6.04 Å². The highest BCUT2D eigenvalue weighted by molar-refractivity contribution is 5.78. The molecule has 80 valence electrons. The number of aliphatic carboxylic acids is 1. The monoisotopic (exact) mass is 205 g/mol. The van der Waals surface area contributed by atoms with Crippen LogP contribution in [-0.4, -0.2) is 11.1 Å². The third-order valence-corrected chi connectivity index (χ3v) is 3.14. The maximum absolute atomic E-state index is 11.1. The van der Waals surface area contributed by atoms with Crippen LogP contribution in [0.15, 0.2) is 18.2 Å². The van der Waals surface area contributed by atoms with Gasteiger partial charge in [0.25, 0.3) is 0 Å². The van der Waals surface area contributed by atoms with Gasteiger partial charge >= 0.3 is 5.97 Å². The van der Waals surface area contributed by atoms with Crippen molar-refractivity contribution in [2.24, 2.45) is 5.73 Å². The molecule has 1 aliphatic rings. The van der Waals surface area contributed by atoms with Gasteiger partial charge in [0.2, 0.25) is 0 Å². The molecule has 0 radical (unpaired) electrons. The maximum Gasteiger partial charge on any atom is 0.311 e. The smallest absolute Gasteiger partial charge is 0.311 e. The van der Waals surface area contributed by atoms with E-state index >= 15 is 0 Å². The molecular weight excluding hydrogens is 190 g/mol. The van der Waals surface area contributed by atoms with Crippen molar-refractivity contribution in [3.05, 3.63) is 34.9 Å². The summed E-state index contributed by atoms with van der Waals surface area (Å²) >= 11 is 0. The summed E-state index contributed by atoms with van der Waals surface area (Å²) in [4.78, 5) is 11.1. The molecule has 2 atom stereocenters. The molecule has 0 aromatic heterocycles. The van der Waals surface area contributed by atoms with E-state index in [9.17, 15) is 4.79 Å². The van der Waals surface area contributed by atoms with E-state index in [0.29, 0.717) is 6.42 Å². The van der Waals surface area contributed by atoms with Crippen LogP contribution in [0.3, 0.4) is 0 Å². The van der Waals surface area contributed by atoms with Gasteiger partial charge in [0.05, 0.1) is 5.92 Å². The summed E-state index contributed by atoms with van der Waals surface area (Å²) in [5.74, 6) is -1.18. The van der Waals surface area contributed by atoms with E-state index in [4.69, 9.17) is 10.8 Å². The van der Waals surface area contributed by atoms with Crippen LogP contribution in [0.1, 0.15) is 42.0 Å². The Balaban J connectivity index is 2.53. The summed E-state index contributed by atoms with van der Waals surface area (Å²) in [6.45, 7) is 2.07. The van der Waals surface area contributed by atoms with Crippen LogP contribution in [-0.2, 0) is 11.2 Å². The van der Waals surface area contributed by atoms with Crippen molar-refractivity contribution in [1.82, 2.24) is 0 Å². The van der Waals surface area contributed by atoms with Gasteiger partial charge in [-0.25, -0.2) is 0 Å². The van der Waals surface area contributed by atoms with Gasteiger partial charge in [-0.2, -0.15) is 0 Å². The van der Waals surface area contributed by atoms with Crippen molar-refractivity contribution >= 4 is 5.97 Å². The first-order chi connectivity index (χ1) is 7.15. The Labute approximate surface area is 88.9 Å². The van der Waals surface area contributed by atoms with Gasteiger partial charge in [-0.15, -0.1) is 0 Å². The molecular formula is C12H15NO2. The van der Waals surface area contributed by atoms with Crippen molar-refractivity contribution < 1.29 is 9.90 Å². The van der Waals surface area contributed by atoms with Crippen molar-refractivity contribution in [3.8, 4) is 0 Å². The lowest BCUT2D eigenvalue weighted by Gasteiger charge is -2.10. The molecule has 0 amide bonds. The van der Waals surface area contributed by atoms with Crippen molar-refractivity contribution in [2.45, 2.75) is 31.7 Å². The average Bonchev–Trinajstić information content (AvgIpc) is 2.56. The molecule has 0 heterocycles. The minimum Gasteiger partial charge on any atom is -0.481 e. The molecule has 0 fully saturated rings. The summed E-state index contributed by atoms with van der Waals surface area (Å²) in [5, 5.41) is 9.09. The molecule has 1 aromatic carbocycles. The average molecular weight is 205 g/mol. The van der Waals surface area contributed by atoms with E-state index in [2.05, 4.69) is 6.92 Å². The van der Waals surface area contributed by atoms with Crippen LogP contribution in [0.2, 0.25) is 0 Å². The Morgan fingerprint density at radius 3 is 2.93 bits per heavy atom. The molecule has 3 N–H and O–H groups in total. The van der Waals surface area contributed by atoms with Gasteiger partial charge in [0.1, 0.15) is 0 Å². The van der Waals surface area contributed by atoms with Gasteiger partial charge < -0.3 is 10.8 Å². The molecule has 1 aliphatic carbocycles. The van der Waals surface area contributed by atoms with Crippen LogP contribution in [0.25, 0.3) is 0 Å². The molecule has 1 aromatic rings. The highest BCUT2D eigenvalue weighted by Gasteiger charge is 2.34. The normalized spacial score (nSPS) is 23.9. The summed E-state index contributed by atoms with van der Waals surface area (Å²) in [6.07, 6.45) is 1.44. The number of benzene rings is 1. The van der Waals surface area contributed by atoms with E-state index in [1.807, 2.05) is 18.2 Å². The number of nitrogens with two attached hydrogens (primary N) is 1. The first-order valence-corrected chi connectivity index (χ1v) is 5.25. The van der Waals surface area contributed by atoms with E-state index < -0.39 is 11.9 Å². The summed E-state index contributed by atoms with van der Waals surface area (Å²) in [7, 11) is 0. The zero-order valence-corrected chi connectivity index (χ0v) is 8.73. The van der Waals surface area contributed by atoms with Crippen LogP contribution in [0, 0.1) is 0 Å². The van der Waals surface area contributed by atoms with Gasteiger partial charge in [-0.05, 0) is 29.5 Å². The van der Waals surface area contributed by atoms with E-state index in [0.717, 1.165) is 17.5 Å². The SMILES string of the molecule is CCc1cccc2c1C(N)CC2C(=O)O. The first-order valence-electron chi connectivity index (χ1n) is 5.25. The van der Waals surface area contributed by atoms with E-state index in [1.54, 1.807) is 0 Å². The van der Waals surface area contributed by atoms with Gasteiger partial charge in [0.15, 0.2) is 0 Å². The van der Waals surface area contributed by atoms with Crippen molar-refractivity contribution in [2.75, 3.05) is 0 Å². The lowest BCUT2D eigenvalue weighted by Crippen LogP contribution is -2.10. The topological polar surface area (TPSA) is 63.3 Å². The Morgan fingerprint density at radius 1 is 1.60 bits per heavy atom. The number of aryl methyl sites for hydroxylation is 1. The van der Waals surface area contributed by atoms with Crippen LogP contribution in [0.5, 0.6) is 0 Å². The quantitative estimate of drug-likeness (QED) is 0.774. The zero-order valence-electron chi connectivity index (χ0n) is 8.73. The number of rotatable bonds is 2. The predicted octanol–water partition coefficient (Wildman–Crippen LogP) is 1.82. The van der Waals surface area contributed by atoms with Crippen LogP contribution < -0.4 is 5.73 Å². The van der Waals surface area contributed by atoms with Crippen LogP contribution in [0.4, 0.5) is 0 Å². The number of fused-ring (bicyclic) bond motifs is 1. The van der Waals surface area contributed by atoms with Gasteiger partial charge in [0, 0.05) is 6.04 Å². The molecule has 3 heteroatoms. The molecule has 15 heavy (non-hydrogen) atoms. The number of carbonyl (C=O) groups is 1. The van der Waals surface area contributed by atoms with E-state index in [1.165, 1.54) is 5.56 Å². The summed E-state index contributed by atoms with van der Waals surface area (Å²) < 4.78 is 0. The molecule has 0 bridgehead atoms. The van der Waals surface area contributed by atoms with Crippen molar-refractivity contribution in [1.29, 1.82) is 0 Å². The fourth-order valence-electron chi connectivity index (χ4n) is 2.43. The van der Waals surface area contributed by atoms with Gasteiger partial charge in [-0.1, -0.05) is 25.1 Å². The molecule has 0 saturated carbocycles. The van der Waals surface area contributed by atoms with Crippen molar-refractivity contribution in [3.63, 3.8) is 0 Å². The standard InChI is InChI=1S/C12H15NO2/c1-2-7-4-3-5-8-9(12(14)15)6-10(13)11(7)8/h3-5,9-10H,2,6,13H2,1H3,(H,14,15). The fraction of sp³-hybridized carbons (Fsp3) is 0.417. The Morgan fingerprint density at radius 2 is 2.33 bits per heavy atom. The second kappa shape index (κ2) is 3.66. The highest BCUT2D eigenvalue weighted by Crippen LogP contribution is 2.40. The lowest BCUT2D eigenvalue weighted by molar-refractivity contribution is -0.138. The summed E-state index contributed by atoms with van der Waals surface area (Å²) in [5.41, 5.74) is 9.15. The molecule has 0 spiro atoms. The Bertz CT molecular complexity index is 401. The third-order valence-electron chi connectivity index (χ3n) is 3.14. The fourth-order valence-corrected chi connectivity index (χ4v) is 2.43. The number of hydrogen-bond acceptors (Lipinski definition) is 2. The minimum absolute atomic E-state index is 0.114. The number of hydrogen-bond donors (Lipinski definition) is 2. The zero-order chi connectivity index (χ0) is 11.0. The largest absolute Gasteiger partial charge is 0.481 e. The number of carboxylic acids is 1. The molecule has 2 unspecified atom stereocenters. The second-order valence-electron chi connectivity index (χ2n) is 4.01. The van der Waals surface area contributed by atoms with Gasteiger partial charge in [-0.3, -0.25) is 4.79 Å². The molecule has 3 nitrogen and oxygen atoms in total. The lowest BCUT2D eigenvalue weighted by atomic mass is 9.97. The molecule has 0 saturated heterocycles. The first kappa shape index (κ1) is 10.2. The maximum atomic E-state index is 11.1. The second-order valence-corrected chi connectivity index (χ2v) is 4.01. The highest BCUT2D eigenvalue weighted by atomic mass is 16.4. The van der Waals surface area contributed by atoms with Crippen LogP contribution >= 0.6 is 0 Å². The third kappa shape index (κ3) is 1.53. The predicted molar refractivity (Wildman–Crippen MR) is 57.7 cm³/mol. The molecule has 2 rings (SSSR count). The minimum atomic E-state index is -0.766. The number of carboxylic acid groups (broad SMARTS) is 1. The summed E-state index contributed by atoms with van der Waals surface area (Å²) in [6, 6.07) is 5.73. The molecule has 0 aliphatic heterocycles.